The maximum absolute atomic E-state index is 12.2. The van der Waals surface area contributed by atoms with E-state index in [4.69, 9.17) is 0 Å². The average Bonchev–Trinajstić information content (AvgIpc) is 3.10. The fourth-order valence-corrected chi connectivity index (χ4v) is 3.14. The molecule has 132 valence electrons. The summed E-state index contributed by atoms with van der Waals surface area (Å²) in [6.45, 7) is 3.59. The third kappa shape index (κ3) is 4.51. The van der Waals surface area contributed by atoms with Crippen LogP contribution >= 0.6 is 0 Å². The molecule has 1 aliphatic rings. The molecule has 0 saturated carbocycles. The van der Waals surface area contributed by atoms with Crippen LogP contribution in [0.3, 0.4) is 0 Å². The van der Waals surface area contributed by atoms with Gasteiger partial charge in [0, 0.05) is 24.8 Å². The van der Waals surface area contributed by atoms with E-state index in [9.17, 15) is 9.90 Å². The molecule has 2 aromatic carbocycles. The van der Waals surface area contributed by atoms with Crippen LogP contribution in [0, 0.1) is 0 Å². The first kappa shape index (κ1) is 17.3. The molecule has 0 aromatic heterocycles. The van der Waals surface area contributed by atoms with Crippen molar-refractivity contribution in [1.82, 2.24) is 10.6 Å². The SMILES string of the molecule is CC(O)(CNC(=O)NC1CCN(c2ccccc2)C1)c1ccccc1. The van der Waals surface area contributed by atoms with E-state index in [2.05, 4.69) is 27.7 Å². The monoisotopic (exact) mass is 339 g/mol. The molecule has 1 saturated heterocycles. The van der Waals surface area contributed by atoms with Gasteiger partial charge in [-0.15, -0.1) is 0 Å². The standard InChI is InChI=1S/C20H25N3O2/c1-20(25,16-8-4-2-5-9-16)15-21-19(24)22-17-12-13-23(14-17)18-10-6-3-7-11-18/h2-11,17,25H,12-15H2,1H3,(H2,21,22,24). The molecule has 0 spiro atoms. The van der Waals surface area contributed by atoms with Gasteiger partial charge in [0.2, 0.25) is 0 Å². The van der Waals surface area contributed by atoms with E-state index >= 15 is 0 Å². The highest BCUT2D eigenvalue weighted by molar-refractivity contribution is 5.74. The highest BCUT2D eigenvalue weighted by atomic mass is 16.3. The minimum atomic E-state index is -1.09. The number of hydrogen-bond acceptors (Lipinski definition) is 3. The summed E-state index contributed by atoms with van der Waals surface area (Å²) >= 11 is 0. The van der Waals surface area contributed by atoms with Gasteiger partial charge < -0.3 is 20.6 Å². The third-order valence-corrected chi connectivity index (χ3v) is 4.63. The minimum Gasteiger partial charge on any atom is -0.384 e. The summed E-state index contributed by atoms with van der Waals surface area (Å²) in [4.78, 5) is 14.4. The number of urea groups is 1. The van der Waals surface area contributed by atoms with Crippen LogP contribution in [0.25, 0.3) is 0 Å². The number of aliphatic hydroxyl groups is 1. The molecule has 0 aliphatic carbocycles. The summed E-state index contributed by atoms with van der Waals surface area (Å²) in [5, 5.41) is 16.3. The summed E-state index contributed by atoms with van der Waals surface area (Å²) in [5.74, 6) is 0. The maximum Gasteiger partial charge on any atom is 0.315 e. The fourth-order valence-electron chi connectivity index (χ4n) is 3.14. The first-order chi connectivity index (χ1) is 12.0. The van der Waals surface area contributed by atoms with Gasteiger partial charge in [-0.3, -0.25) is 0 Å². The van der Waals surface area contributed by atoms with E-state index in [0.717, 1.165) is 25.1 Å². The zero-order valence-electron chi connectivity index (χ0n) is 14.5. The Morgan fingerprint density at radius 2 is 1.80 bits per heavy atom. The number of amides is 2. The molecule has 3 N–H and O–H groups in total. The number of nitrogens with one attached hydrogen (secondary N) is 2. The quantitative estimate of drug-likeness (QED) is 0.784. The summed E-state index contributed by atoms with van der Waals surface area (Å²) in [7, 11) is 0. The van der Waals surface area contributed by atoms with Crippen LogP contribution in [0.2, 0.25) is 0 Å². The van der Waals surface area contributed by atoms with Crippen molar-refractivity contribution >= 4 is 11.7 Å². The number of anilines is 1. The first-order valence-corrected chi connectivity index (χ1v) is 8.67. The molecule has 1 heterocycles. The van der Waals surface area contributed by atoms with Gasteiger partial charge in [-0.25, -0.2) is 4.79 Å². The highest BCUT2D eigenvalue weighted by Gasteiger charge is 2.26. The second kappa shape index (κ2) is 7.57. The molecule has 0 bridgehead atoms. The number of hydrogen-bond donors (Lipinski definition) is 3. The molecule has 1 fully saturated rings. The van der Waals surface area contributed by atoms with E-state index < -0.39 is 5.60 Å². The van der Waals surface area contributed by atoms with Gasteiger partial charge in [0.15, 0.2) is 0 Å². The molecular weight excluding hydrogens is 314 g/mol. The Bertz CT molecular complexity index is 689. The van der Waals surface area contributed by atoms with Crippen molar-refractivity contribution in [3.05, 3.63) is 66.2 Å². The lowest BCUT2D eigenvalue weighted by Gasteiger charge is -2.25. The number of nitrogens with zero attached hydrogens (tertiary/aromatic N) is 1. The Labute approximate surface area is 148 Å². The van der Waals surface area contributed by atoms with Crippen molar-refractivity contribution in [2.24, 2.45) is 0 Å². The summed E-state index contributed by atoms with van der Waals surface area (Å²) in [6, 6.07) is 19.4. The van der Waals surface area contributed by atoms with Crippen LogP contribution in [-0.2, 0) is 5.60 Å². The normalized spacial score (nSPS) is 19.3. The number of benzene rings is 2. The van der Waals surface area contributed by atoms with Gasteiger partial charge in [-0.2, -0.15) is 0 Å². The fraction of sp³-hybridized carbons (Fsp3) is 0.350. The molecule has 2 unspecified atom stereocenters. The second-order valence-corrected chi connectivity index (χ2v) is 6.73. The molecule has 2 amide bonds. The molecule has 2 atom stereocenters. The van der Waals surface area contributed by atoms with Crippen LogP contribution in [0.1, 0.15) is 18.9 Å². The summed E-state index contributed by atoms with van der Waals surface area (Å²) < 4.78 is 0. The summed E-state index contributed by atoms with van der Waals surface area (Å²) in [6.07, 6.45) is 0.914. The zero-order valence-corrected chi connectivity index (χ0v) is 14.5. The van der Waals surface area contributed by atoms with E-state index in [1.54, 1.807) is 6.92 Å². The maximum atomic E-state index is 12.2. The zero-order chi connectivity index (χ0) is 17.7. The smallest absolute Gasteiger partial charge is 0.315 e. The van der Waals surface area contributed by atoms with E-state index in [1.165, 1.54) is 5.69 Å². The van der Waals surface area contributed by atoms with Crippen LogP contribution in [0.5, 0.6) is 0 Å². The number of carbonyl (C=O) groups excluding carboxylic acids is 1. The van der Waals surface area contributed by atoms with Gasteiger partial charge >= 0.3 is 6.03 Å². The van der Waals surface area contributed by atoms with Crippen molar-refractivity contribution in [2.45, 2.75) is 25.0 Å². The minimum absolute atomic E-state index is 0.113. The molecular formula is C20H25N3O2. The van der Waals surface area contributed by atoms with E-state index in [1.807, 2.05) is 48.5 Å². The molecule has 0 radical (unpaired) electrons. The van der Waals surface area contributed by atoms with Gasteiger partial charge in [0.05, 0.1) is 6.54 Å². The Hall–Kier alpha value is -2.53. The lowest BCUT2D eigenvalue weighted by molar-refractivity contribution is 0.0593. The lowest BCUT2D eigenvalue weighted by atomic mass is 9.96. The number of rotatable bonds is 5. The van der Waals surface area contributed by atoms with Crippen LogP contribution in [-0.4, -0.2) is 36.8 Å². The van der Waals surface area contributed by atoms with Crippen molar-refractivity contribution in [3.63, 3.8) is 0 Å². The number of para-hydroxylation sites is 1. The third-order valence-electron chi connectivity index (χ3n) is 4.63. The predicted molar refractivity (Wildman–Crippen MR) is 99.6 cm³/mol. The Kier molecular flexibility index (Phi) is 5.24. The van der Waals surface area contributed by atoms with Crippen molar-refractivity contribution in [3.8, 4) is 0 Å². The summed E-state index contributed by atoms with van der Waals surface area (Å²) in [5.41, 5.74) is 0.871. The molecule has 3 rings (SSSR count). The topological polar surface area (TPSA) is 64.6 Å². The Morgan fingerprint density at radius 3 is 2.48 bits per heavy atom. The van der Waals surface area contributed by atoms with Gasteiger partial charge in [0.25, 0.3) is 0 Å². The van der Waals surface area contributed by atoms with Gasteiger partial charge in [0.1, 0.15) is 5.60 Å². The van der Waals surface area contributed by atoms with Crippen LogP contribution in [0.4, 0.5) is 10.5 Å². The Morgan fingerprint density at radius 1 is 1.16 bits per heavy atom. The molecule has 1 aliphatic heterocycles. The van der Waals surface area contributed by atoms with Crippen LogP contribution < -0.4 is 15.5 Å². The number of carbonyl (C=O) groups is 1. The van der Waals surface area contributed by atoms with Gasteiger partial charge in [-0.1, -0.05) is 48.5 Å². The van der Waals surface area contributed by atoms with Crippen molar-refractivity contribution in [2.75, 3.05) is 24.5 Å². The van der Waals surface area contributed by atoms with E-state index in [0.29, 0.717) is 0 Å². The van der Waals surface area contributed by atoms with Crippen molar-refractivity contribution < 1.29 is 9.90 Å². The lowest BCUT2D eigenvalue weighted by Crippen LogP contribution is -2.47. The highest BCUT2D eigenvalue weighted by Crippen LogP contribution is 2.20. The largest absolute Gasteiger partial charge is 0.384 e. The molecule has 25 heavy (non-hydrogen) atoms. The first-order valence-electron chi connectivity index (χ1n) is 8.67. The second-order valence-electron chi connectivity index (χ2n) is 6.73. The van der Waals surface area contributed by atoms with Crippen LogP contribution in [0.15, 0.2) is 60.7 Å². The average molecular weight is 339 g/mol. The predicted octanol–water partition coefficient (Wildman–Crippen LogP) is 2.47. The molecule has 5 heteroatoms. The molecule has 5 nitrogen and oxygen atoms in total. The van der Waals surface area contributed by atoms with Crippen molar-refractivity contribution in [1.29, 1.82) is 0 Å². The van der Waals surface area contributed by atoms with Gasteiger partial charge in [-0.05, 0) is 31.0 Å². The molecule has 2 aromatic rings. The Balaban J connectivity index is 1.47. The van der Waals surface area contributed by atoms with E-state index in [-0.39, 0.29) is 18.6 Å².